The minimum Gasteiger partial charge on any atom is -0.494 e. The Morgan fingerprint density at radius 2 is 1.88 bits per heavy atom. The van der Waals surface area contributed by atoms with E-state index in [0.29, 0.717) is 24.6 Å². The number of benzene rings is 3. The molecular formula is C27H26ClN3O2. The maximum Gasteiger partial charge on any atom is 0.227 e. The van der Waals surface area contributed by atoms with Crippen LogP contribution in [0.2, 0.25) is 5.02 Å². The summed E-state index contributed by atoms with van der Waals surface area (Å²) in [5, 5.41) is 0.629. The van der Waals surface area contributed by atoms with Crippen LogP contribution in [-0.2, 0) is 11.3 Å². The number of hydrogen-bond donors (Lipinski definition) is 0. The molecule has 1 amide bonds. The fourth-order valence-electron chi connectivity index (χ4n) is 4.46. The van der Waals surface area contributed by atoms with Crippen molar-refractivity contribution < 1.29 is 9.53 Å². The Kier molecular flexibility index (Phi) is 6.05. The topological polar surface area (TPSA) is 47.4 Å². The number of ether oxygens (including phenoxy) is 1. The predicted octanol–water partition coefficient (Wildman–Crippen LogP) is 5.99. The Bertz CT molecular complexity index is 1280. The third-order valence-electron chi connectivity index (χ3n) is 6.11. The predicted molar refractivity (Wildman–Crippen MR) is 132 cm³/mol. The zero-order valence-electron chi connectivity index (χ0n) is 18.6. The van der Waals surface area contributed by atoms with Crippen LogP contribution in [0, 0.1) is 6.92 Å². The number of rotatable bonds is 7. The number of halogens is 1. The number of aryl methyl sites for hydroxylation is 2. The number of para-hydroxylation sites is 2. The number of carbonyl (C=O) groups excluding carboxylic acids is 1. The van der Waals surface area contributed by atoms with E-state index in [1.165, 1.54) is 5.56 Å². The van der Waals surface area contributed by atoms with E-state index in [4.69, 9.17) is 21.3 Å². The molecule has 1 atom stereocenters. The van der Waals surface area contributed by atoms with Gasteiger partial charge >= 0.3 is 0 Å². The Labute approximate surface area is 198 Å². The Hall–Kier alpha value is -3.31. The molecular weight excluding hydrogens is 434 g/mol. The number of carbonyl (C=O) groups is 1. The molecule has 33 heavy (non-hydrogen) atoms. The normalized spacial score (nSPS) is 16.0. The molecule has 0 bridgehead atoms. The highest BCUT2D eigenvalue weighted by Crippen LogP contribution is 2.34. The number of amides is 1. The van der Waals surface area contributed by atoms with E-state index in [1.807, 2.05) is 59.5 Å². The molecule has 0 aliphatic carbocycles. The Balaban J connectivity index is 1.34. The fraction of sp³-hybridized carbons (Fsp3) is 0.259. The molecule has 1 aromatic heterocycles. The van der Waals surface area contributed by atoms with E-state index < -0.39 is 0 Å². The number of nitrogens with zero attached hydrogens (tertiary/aromatic N) is 3. The van der Waals surface area contributed by atoms with Crippen LogP contribution >= 0.6 is 11.6 Å². The highest BCUT2D eigenvalue weighted by molar-refractivity contribution is 6.30. The van der Waals surface area contributed by atoms with Gasteiger partial charge in [-0.15, -0.1) is 0 Å². The number of imidazole rings is 1. The van der Waals surface area contributed by atoms with Crippen molar-refractivity contribution in [3.8, 4) is 5.75 Å². The number of anilines is 1. The van der Waals surface area contributed by atoms with E-state index >= 15 is 0 Å². The number of fused-ring (bicyclic) bond motifs is 1. The summed E-state index contributed by atoms with van der Waals surface area (Å²) in [6.07, 6.45) is 1.29. The van der Waals surface area contributed by atoms with Gasteiger partial charge in [-0.2, -0.15) is 0 Å². The summed E-state index contributed by atoms with van der Waals surface area (Å²) in [4.78, 5) is 19.6. The van der Waals surface area contributed by atoms with Gasteiger partial charge in [-0.05, 0) is 55.8 Å². The lowest BCUT2D eigenvalue weighted by Gasteiger charge is -2.18. The van der Waals surface area contributed by atoms with Crippen molar-refractivity contribution in [2.24, 2.45) is 0 Å². The lowest BCUT2D eigenvalue weighted by atomic mass is 10.1. The van der Waals surface area contributed by atoms with Gasteiger partial charge < -0.3 is 14.2 Å². The van der Waals surface area contributed by atoms with Crippen LogP contribution in [-0.4, -0.2) is 28.6 Å². The molecule has 5 nitrogen and oxygen atoms in total. The summed E-state index contributed by atoms with van der Waals surface area (Å²) in [6.45, 7) is 4.07. The molecule has 6 heteroatoms. The van der Waals surface area contributed by atoms with Gasteiger partial charge in [0, 0.05) is 36.1 Å². The van der Waals surface area contributed by atoms with Crippen molar-refractivity contribution in [3.63, 3.8) is 0 Å². The van der Waals surface area contributed by atoms with Crippen molar-refractivity contribution in [3.05, 3.63) is 89.2 Å². The van der Waals surface area contributed by atoms with E-state index in [-0.39, 0.29) is 11.8 Å². The van der Waals surface area contributed by atoms with E-state index in [1.54, 1.807) is 0 Å². The summed E-state index contributed by atoms with van der Waals surface area (Å²) >= 11 is 6.16. The highest BCUT2D eigenvalue weighted by atomic mass is 35.5. The summed E-state index contributed by atoms with van der Waals surface area (Å²) in [7, 11) is 0. The van der Waals surface area contributed by atoms with Crippen LogP contribution in [0.5, 0.6) is 5.75 Å². The van der Waals surface area contributed by atoms with Gasteiger partial charge in [-0.25, -0.2) is 4.98 Å². The second-order valence-corrected chi connectivity index (χ2v) is 8.95. The van der Waals surface area contributed by atoms with Crippen molar-refractivity contribution in [1.29, 1.82) is 0 Å². The lowest BCUT2D eigenvalue weighted by Crippen LogP contribution is -2.24. The molecule has 1 aliphatic rings. The van der Waals surface area contributed by atoms with Crippen molar-refractivity contribution >= 4 is 34.2 Å². The van der Waals surface area contributed by atoms with Crippen molar-refractivity contribution in [1.82, 2.24) is 9.55 Å². The van der Waals surface area contributed by atoms with Gasteiger partial charge in [0.1, 0.15) is 11.6 Å². The summed E-state index contributed by atoms with van der Waals surface area (Å²) in [6, 6.07) is 23.7. The molecule has 5 rings (SSSR count). The van der Waals surface area contributed by atoms with Crippen LogP contribution in [0.3, 0.4) is 0 Å². The summed E-state index contributed by atoms with van der Waals surface area (Å²) in [5.74, 6) is 1.98. The van der Waals surface area contributed by atoms with Gasteiger partial charge in [0.2, 0.25) is 5.91 Å². The average Bonchev–Trinajstić information content (AvgIpc) is 3.38. The first-order chi connectivity index (χ1) is 16.1. The third-order valence-corrected chi connectivity index (χ3v) is 6.35. The molecule has 0 spiro atoms. The smallest absolute Gasteiger partial charge is 0.227 e. The Morgan fingerprint density at radius 3 is 2.70 bits per heavy atom. The second-order valence-electron chi connectivity index (χ2n) is 8.51. The molecule has 168 valence electrons. The molecule has 1 fully saturated rings. The molecule has 0 N–H and O–H groups in total. The van der Waals surface area contributed by atoms with Crippen LogP contribution in [0.15, 0.2) is 72.8 Å². The molecule has 0 saturated carbocycles. The first-order valence-electron chi connectivity index (χ1n) is 11.3. The van der Waals surface area contributed by atoms with Crippen LogP contribution in [0.25, 0.3) is 11.0 Å². The summed E-state index contributed by atoms with van der Waals surface area (Å²) < 4.78 is 8.19. The van der Waals surface area contributed by atoms with Gasteiger partial charge in [-0.3, -0.25) is 4.79 Å². The molecule has 3 aromatic carbocycles. The fourth-order valence-corrected chi connectivity index (χ4v) is 4.65. The molecule has 4 aromatic rings. The number of aromatic nitrogens is 2. The zero-order chi connectivity index (χ0) is 22.8. The standard InChI is InChI=1S/C27H26ClN3O2/c1-19-10-12-23(13-11-19)33-15-5-14-30-25-9-3-2-8-24(25)29-27(30)20-16-26(32)31(18-20)22-7-4-6-21(28)17-22/h2-4,6-13,17,20H,5,14-16,18H2,1H3/t20-/m1/s1. The van der Waals surface area contributed by atoms with Crippen LogP contribution < -0.4 is 9.64 Å². The first kappa shape index (κ1) is 21.5. The van der Waals surface area contributed by atoms with Gasteiger partial charge in [-0.1, -0.05) is 47.5 Å². The zero-order valence-corrected chi connectivity index (χ0v) is 19.3. The minimum atomic E-state index is 0.0295. The van der Waals surface area contributed by atoms with Gasteiger partial charge in [0.25, 0.3) is 0 Å². The Morgan fingerprint density at radius 1 is 1.06 bits per heavy atom. The van der Waals surface area contributed by atoms with E-state index in [9.17, 15) is 4.79 Å². The highest BCUT2D eigenvalue weighted by Gasteiger charge is 2.34. The minimum absolute atomic E-state index is 0.0295. The van der Waals surface area contributed by atoms with Gasteiger partial charge in [0.05, 0.1) is 17.6 Å². The van der Waals surface area contributed by atoms with E-state index in [2.05, 4.69) is 29.7 Å². The largest absolute Gasteiger partial charge is 0.494 e. The maximum absolute atomic E-state index is 12.9. The van der Waals surface area contributed by atoms with Crippen LogP contribution in [0.1, 0.15) is 30.1 Å². The quantitative estimate of drug-likeness (QED) is 0.319. The third kappa shape index (κ3) is 4.60. The van der Waals surface area contributed by atoms with Crippen molar-refractivity contribution in [2.45, 2.75) is 32.2 Å². The molecule has 0 radical (unpaired) electrons. The lowest BCUT2D eigenvalue weighted by molar-refractivity contribution is -0.117. The summed E-state index contributed by atoms with van der Waals surface area (Å²) in [5.41, 5.74) is 4.11. The second kappa shape index (κ2) is 9.28. The maximum atomic E-state index is 12.9. The first-order valence-corrected chi connectivity index (χ1v) is 11.7. The SMILES string of the molecule is Cc1ccc(OCCCn2c([C@@H]3CC(=O)N(c4cccc(Cl)c4)C3)nc3ccccc32)cc1. The molecule has 0 unspecified atom stereocenters. The van der Waals surface area contributed by atoms with Crippen LogP contribution in [0.4, 0.5) is 5.69 Å². The molecule has 1 saturated heterocycles. The number of hydrogen-bond acceptors (Lipinski definition) is 3. The van der Waals surface area contributed by atoms with Crippen molar-refractivity contribution in [2.75, 3.05) is 18.1 Å². The van der Waals surface area contributed by atoms with E-state index in [0.717, 1.165) is 41.3 Å². The van der Waals surface area contributed by atoms with Gasteiger partial charge in [0.15, 0.2) is 0 Å². The monoisotopic (exact) mass is 459 g/mol. The molecule has 1 aliphatic heterocycles. The average molecular weight is 460 g/mol. The molecule has 2 heterocycles.